The van der Waals surface area contributed by atoms with Crippen molar-refractivity contribution in [3.63, 3.8) is 0 Å². The first kappa shape index (κ1) is 23.8. The first-order valence-corrected chi connectivity index (χ1v) is 11.7. The molecule has 3 rings (SSSR count). The van der Waals surface area contributed by atoms with E-state index in [0.29, 0.717) is 24.4 Å². The van der Waals surface area contributed by atoms with Gasteiger partial charge in [0.2, 0.25) is 10.0 Å². The molecule has 0 aliphatic carbocycles. The molecule has 0 bridgehead atoms. The number of halogens is 2. The van der Waals surface area contributed by atoms with Crippen LogP contribution in [-0.2, 0) is 39.6 Å². The Morgan fingerprint density at radius 1 is 1.16 bits per heavy atom. The van der Waals surface area contributed by atoms with Crippen molar-refractivity contribution in [3.05, 3.63) is 59.4 Å². The van der Waals surface area contributed by atoms with Crippen molar-refractivity contribution in [2.75, 3.05) is 13.1 Å². The number of ether oxygens (including phenoxy) is 1. The summed E-state index contributed by atoms with van der Waals surface area (Å²) in [4.78, 5) is 16.7. The van der Waals surface area contributed by atoms with Crippen molar-refractivity contribution in [1.29, 1.82) is 0 Å². The first-order valence-electron chi connectivity index (χ1n) is 10.2. The Labute approximate surface area is 185 Å². The largest absolute Gasteiger partial charge is 0.461 e. The number of fused-ring (bicyclic) bond motifs is 1. The van der Waals surface area contributed by atoms with Crippen molar-refractivity contribution in [1.82, 2.24) is 13.9 Å². The average Bonchev–Trinajstić information content (AvgIpc) is 3.09. The Kier molecular flexibility index (Phi) is 7.25. The van der Waals surface area contributed by atoms with Crippen molar-refractivity contribution in [2.45, 2.75) is 38.2 Å². The number of nitrogens with zero attached hydrogens (tertiary/aromatic N) is 3. The Morgan fingerprint density at radius 3 is 2.56 bits per heavy atom. The van der Waals surface area contributed by atoms with Crippen LogP contribution in [0.15, 0.2) is 41.3 Å². The zero-order chi connectivity index (χ0) is 23.5. The van der Waals surface area contributed by atoms with Crippen LogP contribution in [0.2, 0.25) is 0 Å². The van der Waals surface area contributed by atoms with E-state index in [1.807, 2.05) is 0 Å². The second kappa shape index (κ2) is 9.74. The molecule has 7 nitrogen and oxygen atoms in total. The average molecular weight is 466 g/mol. The SMILES string of the molecule is CCN(CC)S(=O)(=O)c1ccc2c(c1)nc(CCC(=O)OCc1cccc(F)c1F)n2C. The molecule has 0 atom stereocenters. The van der Waals surface area contributed by atoms with Crippen LogP contribution in [0, 0.1) is 11.6 Å². The minimum atomic E-state index is -3.61. The van der Waals surface area contributed by atoms with Crippen LogP contribution in [-0.4, -0.2) is 41.3 Å². The van der Waals surface area contributed by atoms with E-state index in [1.165, 1.54) is 22.5 Å². The first-order chi connectivity index (χ1) is 15.2. The Balaban J connectivity index is 1.70. The zero-order valence-corrected chi connectivity index (χ0v) is 19.0. The van der Waals surface area contributed by atoms with Gasteiger partial charge in [0.25, 0.3) is 0 Å². The topological polar surface area (TPSA) is 81.5 Å². The molecule has 0 spiro atoms. The van der Waals surface area contributed by atoms with Crippen molar-refractivity contribution >= 4 is 27.0 Å². The third kappa shape index (κ3) is 4.81. The lowest BCUT2D eigenvalue weighted by Gasteiger charge is -2.18. The van der Waals surface area contributed by atoms with E-state index in [2.05, 4.69) is 4.98 Å². The highest BCUT2D eigenvalue weighted by Gasteiger charge is 2.23. The highest BCUT2D eigenvalue weighted by atomic mass is 32.2. The minimum Gasteiger partial charge on any atom is -0.461 e. The monoisotopic (exact) mass is 465 g/mol. The van der Waals surface area contributed by atoms with E-state index >= 15 is 0 Å². The van der Waals surface area contributed by atoms with E-state index in [4.69, 9.17) is 4.74 Å². The van der Waals surface area contributed by atoms with Crippen LogP contribution in [0.1, 0.15) is 31.7 Å². The summed E-state index contributed by atoms with van der Waals surface area (Å²) in [7, 11) is -1.84. The molecule has 0 saturated carbocycles. The van der Waals surface area contributed by atoms with Gasteiger partial charge >= 0.3 is 5.97 Å². The number of hydrogen-bond donors (Lipinski definition) is 0. The molecule has 32 heavy (non-hydrogen) atoms. The van der Waals surface area contributed by atoms with Crippen LogP contribution in [0.4, 0.5) is 8.78 Å². The van der Waals surface area contributed by atoms with Crippen molar-refractivity contribution in [3.8, 4) is 0 Å². The van der Waals surface area contributed by atoms with Crippen LogP contribution in [0.3, 0.4) is 0 Å². The fraction of sp³-hybridized carbons (Fsp3) is 0.364. The smallest absolute Gasteiger partial charge is 0.306 e. The molecule has 0 aliphatic rings. The van der Waals surface area contributed by atoms with Gasteiger partial charge in [-0.1, -0.05) is 26.0 Å². The van der Waals surface area contributed by atoms with Crippen LogP contribution in [0.25, 0.3) is 11.0 Å². The Morgan fingerprint density at radius 2 is 1.88 bits per heavy atom. The van der Waals surface area contributed by atoms with E-state index in [9.17, 15) is 22.0 Å². The lowest BCUT2D eigenvalue weighted by atomic mass is 10.2. The molecule has 172 valence electrons. The summed E-state index contributed by atoms with van der Waals surface area (Å²) in [5.41, 5.74) is 1.20. The highest BCUT2D eigenvalue weighted by Crippen LogP contribution is 2.23. The van der Waals surface area contributed by atoms with E-state index in [-0.39, 0.29) is 29.9 Å². The fourth-order valence-corrected chi connectivity index (χ4v) is 4.91. The summed E-state index contributed by atoms with van der Waals surface area (Å²) in [5, 5.41) is 0. The van der Waals surface area contributed by atoms with Gasteiger partial charge in [-0.25, -0.2) is 22.2 Å². The van der Waals surface area contributed by atoms with E-state index < -0.39 is 27.6 Å². The number of benzene rings is 2. The molecule has 1 aromatic heterocycles. The number of hydrogen-bond acceptors (Lipinski definition) is 5. The van der Waals surface area contributed by atoms with Gasteiger partial charge < -0.3 is 9.30 Å². The maximum atomic E-state index is 13.7. The van der Waals surface area contributed by atoms with Crippen LogP contribution < -0.4 is 0 Å². The molecule has 0 aliphatic heterocycles. The number of aromatic nitrogens is 2. The normalized spacial score (nSPS) is 11.9. The Bertz CT molecular complexity index is 1240. The number of carbonyl (C=O) groups excluding carboxylic acids is 1. The van der Waals surface area contributed by atoms with Gasteiger partial charge in [-0.05, 0) is 24.3 Å². The molecular weight excluding hydrogens is 440 g/mol. The minimum absolute atomic E-state index is 0.0152. The molecule has 3 aromatic rings. The van der Waals surface area contributed by atoms with Gasteiger partial charge in [-0.3, -0.25) is 4.79 Å². The third-order valence-electron chi connectivity index (χ3n) is 5.26. The van der Waals surface area contributed by atoms with Crippen LogP contribution >= 0.6 is 0 Å². The summed E-state index contributed by atoms with van der Waals surface area (Å²) in [6.07, 6.45) is 0.229. The number of esters is 1. The lowest BCUT2D eigenvalue weighted by Crippen LogP contribution is -2.30. The van der Waals surface area contributed by atoms with Crippen molar-refractivity contribution in [2.24, 2.45) is 7.05 Å². The quantitative estimate of drug-likeness (QED) is 0.452. The second-order valence-corrected chi connectivity index (χ2v) is 9.14. The predicted octanol–water partition coefficient (Wildman–Crippen LogP) is 3.56. The molecule has 0 amide bonds. The number of aryl methyl sites for hydroxylation is 2. The molecule has 0 fully saturated rings. The summed E-state index contributed by atoms with van der Waals surface area (Å²) in [6.45, 7) is 3.93. The summed E-state index contributed by atoms with van der Waals surface area (Å²) in [6, 6.07) is 8.44. The summed E-state index contributed by atoms with van der Waals surface area (Å²) >= 11 is 0. The number of sulfonamides is 1. The molecular formula is C22H25F2N3O4S. The maximum absolute atomic E-state index is 13.7. The van der Waals surface area contributed by atoms with E-state index in [1.54, 1.807) is 37.6 Å². The molecule has 0 saturated heterocycles. The predicted molar refractivity (Wildman–Crippen MR) is 115 cm³/mol. The fourth-order valence-electron chi connectivity index (χ4n) is 3.43. The molecule has 10 heteroatoms. The van der Waals surface area contributed by atoms with Gasteiger partial charge in [0.15, 0.2) is 11.6 Å². The summed E-state index contributed by atoms with van der Waals surface area (Å²) < 4.78 is 60.6. The molecule has 0 unspecified atom stereocenters. The van der Waals surface area contributed by atoms with Gasteiger partial charge in [0.05, 0.1) is 22.3 Å². The van der Waals surface area contributed by atoms with E-state index in [0.717, 1.165) is 11.6 Å². The van der Waals surface area contributed by atoms with Gasteiger partial charge in [0, 0.05) is 32.1 Å². The van der Waals surface area contributed by atoms with Gasteiger partial charge in [-0.15, -0.1) is 0 Å². The standard InChI is InChI=1S/C22H25F2N3O4S/c1-4-27(5-2)32(29,30)16-9-10-19-18(13-16)25-20(26(19)3)11-12-21(28)31-14-15-7-6-8-17(23)22(15)24/h6-10,13H,4-5,11-12,14H2,1-3H3. The lowest BCUT2D eigenvalue weighted by molar-refractivity contribution is -0.145. The Hall–Kier alpha value is -2.85. The van der Waals surface area contributed by atoms with Gasteiger partial charge in [0.1, 0.15) is 12.4 Å². The highest BCUT2D eigenvalue weighted by molar-refractivity contribution is 7.89. The molecule has 0 N–H and O–H groups in total. The molecule has 0 radical (unpaired) electrons. The second-order valence-electron chi connectivity index (χ2n) is 7.20. The third-order valence-corrected chi connectivity index (χ3v) is 7.31. The zero-order valence-electron chi connectivity index (χ0n) is 18.1. The van der Waals surface area contributed by atoms with Crippen LogP contribution in [0.5, 0.6) is 0 Å². The number of carbonyl (C=O) groups is 1. The van der Waals surface area contributed by atoms with Gasteiger partial charge in [-0.2, -0.15) is 4.31 Å². The maximum Gasteiger partial charge on any atom is 0.306 e. The van der Waals surface area contributed by atoms with Crippen molar-refractivity contribution < 1.29 is 26.7 Å². The number of rotatable bonds is 9. The number of imidazole rings is 1. The summed E-state index contributed by atoms with van der Waals surface area (Å²) in [5.74, 6) is -2.04. The molecule has 1 heterocycles. The molecule has 2 aromatic carbocycles.